The first kappa shape index (κ1) is 33.6. The first-order valence-electron chi connectivity index (χ1n) is 13.0. The zero-order valence-corrected chi connectivity index (χ0v) is 26.6. The summed E-state index contributed by atoms with van der Waals surface area (Å²) in [4.78, 5) is 34.8. The van der Waals surface area contributed by atoms with E-state index in [-0.39, 0.29) is 59.8 Å². The highest BCUT2D eigenvalue weighted by Crippen LogP contribution is 2.43. The van der Waals surface area contributed by atoms with Gasteiger partial charge < -0.3 is 19.3 Å². The van der Waals surface area contributed by atoms with Crippen LogP contribution in [0.2, 0.25) is 0 Å². The van der Waals surface area contributed by atoms with Crippen molar-refractivity contribution in [1.29, 1.82) is 0 Å². The average molecular weight is 612 g/mol. The minimum Gasteiger partial charge on any atom is -0.496 e. The van der Waals surface area contributed by atoms with E-state index in [0.717, 1.165) is 34.9 Å². The number of hydrogen-bond donors (Lipinski definition) is 1. The smallest absolute Gasteiger partial charge is 0.372 e. The van der Waals surface area contributed by atoms with Crippen LogP contribution in [0.5, 0.6) is 5.75 Å². The van der Waals surface area contributed by atoms with Crippen molar-refractivity contribution < 1.29 is 19.4 Å². The lowest BCUT2D eigenvalue weighted by Crippen LogP contribution is -2.40. The molecule has 0 spiro atoms. The van der Waals surface area contributed by atoms with E-state index in [2.05, 4.69) is 64.0 Å². The molecule has 1 aliphatic heterocycles. The second-order valence-electron chi connectivity index (χ2n) is 12.0. The van der Waals surface area contributed by atoms with Gasteiger partial charge in [0.2, 0.25) is 11.7 Å². The van der Waals surface area contributed by atoms with Gasteiger partial charge in [-0.15, -0.1) is 36.2 Å². The number of carbonyl (C=O) groups is 2. The number of carboxylic acids is 1. The Hall–Kier alpha value is -2.62. The predicted octanol–water partition coefficient (Wildman–Crippen LogP) is 6.56. The summed E-state index contributed by atoms with van der Waals surface area (Å²) < 4.78 is 7.30. The number of hydrogen-bond acceptors (Lipinski definition) is 6. The lowest BCUT2D eigenvalue weighted by Gasteiger charge is -2.31. The maximum absolute atomic E-state index is 12.8. The van der Waals surface area contributed by atoms with Gasteiger partial charge in [0.25, 0.3) is 0 Å². The van der Waals surface area contributed by atoms with Crippen LogP contribution in [0, 0.1) is 0 Å². The molecule has 0 saturated carbocycles. The lowest BCUT2D eigenvalue weighted by atomic mass is 9.78. The fourth-order valence-corrected chi connectivity index (χ4v) is 5.89. The molecule has 11 heteroatoms. The summed E-state index contributed by atoms with van der Waals surface area (Å²) in [5.41, 5.74) is 4.38. The van der Waals surface area contributed by atoms with Crippen molar-refractivity contribution in [2.24, 2.45) is 0 Å². The number of thiazole rings is 1. The normalized spacial score (nSPS) is 14.3. The number of carbonyl (C=O) groups excluding carboxylic acids is 1. The zero-order chi connectivity index (χ0) is 27.8. The van der Waals surface area contributed by atoms with Crippen LogP contribution in [0.15, 0.2) is 29.9 Å². The summed E-state index contributed by atoms with van der Waals surface area (Å²) in [5.74, 6) is -0.110. The third kappa shape index (κ3) is 7.17. The van der Waals surface area contributed by atoms with Crippen LogP contribution >= 0.6 is 36.2 Å². The molecule has 0 aliphatic carbocycles. The Morgan fingerprint density at radius 2 is 1.62 bits per heavy atom. The fourth-order valence-electron chi connectivity index (χ4n) is 5.00. The van der Waals surface area contributed by atoms with E-state index in [9.17, 15) is 14.7 Å². The van der Waals surface area contributed by atoms with Crippen molar-refractivity contribution in [2.75, 3.05) is 20.2 Å². The number of ether oxygens (including phenoxy) is 1. The summed E-state index contributed by atoms with van der Waals surface area (Å²) in [6.45, 7) is 14.5. The highest BCUT2D eigenvalue weighted by Gasteiger charge is 2.30. The largest absolute Gasteiger partial charge is 0.496 e. The molecule has 4 rings (SSSR count). The second-order valence-corrected chi connectivity index (χ2v) is 12.9. The summed E-state index contributed by atoms with van der Waals surface area (Å²) in [5, 5.41) is 12.4. The van der Waals surface area contributed by atoms with Gasteiger partial charge in [-0.05, 0) is 35.8 Å². The molecule has 0 unspecified atom stereocenters. The number of benzene rings is 1. The third-order valence-corrected chi connectivity index (χ3v) is 8.07. The molecule has 40 heavy (non-hydrogen) atoms. The van der Waals surface area contributed by atoms with Gasteiger partial charge in [-0.25, -0.2) is 14.8 Å². The first-order chi connectivity index (χ1) is 17.8. The number of halogens is 2. The summed E-state index contributed by atoms with van der Waals surface area (Å²) in [6.07, 6.45) is 4.59. The van der Waals surface area contributed by atoms with E-state index >= 15 is 0 Å². The maximum Gasteiger partial charge on any atom is 0.372 e. The lowest BCUT2D eigenvalue weighted by molar-refractivity contribution is -0.132. The molecule has 3 heterocycles. The van der Waals surface area contributed by atoms with Gasteiger partial charge in [-0.1, -0.05) is 41.5 Å². The number of carboxylic acid groups (broad SMARTS) is 1. The number of amides is 1. The molecule has 1 amide bonds. The Kier molecular flexibility index (Phi) is 10.8. The molecule has 1 aromatic carbocycles. The fraction of sp³-hybridized carbons (Fsp3) is 0.517. The highest BCUT2D eigenvalue weighted by molar-refractivity contribution is 7.13. The minimum absolute atomic E-state index is 0. The molecule has 3 aromatic rings. The Balaban J connectivity index is 0.00000280. The number of aromatic carboxylic acids is 1. The molecule has 220 valence electrons. The number of piperidine rings is 1. The van der Waals surface area contributed by atoms with Gasteiger partial charge in [-0.3, -0.25) is 4.79 Å². The van der Waals surface area contributed by atoms with Crippen molar-refractivity contribution in [2.45, 2.75) is 77.7 Å². The van der Waals surface area contributed by atoms with Crippen molar-refractivity contribution in [3.63, 3.8) is 0 Å². The number of rotatable bonds is 6. The standard InChI is InChI=1S/C29H38N4O4S.2ClH/c1-28(2,3)20-14-19(15-21(24(20)37-7)29(4,5)6)26-31-22(17-38-26)18-8-11-32(12-9-18)23(34)16-33-13-10-30-25(33)27(35)36;;/h10,13-15,17-18H,8-9,11-12,16H2,1-7H3,(H,35,36);2*1H. The monoisotopic (exact) mass is 610 g/mol. The van der Waals surface area contributed by atoms with E-state index in [1.54, 1.807) is 18.4 Å². The molecular formula is C29H40Cl2N4O4S. The molecule has 1 N–H and O–H groups in total. The van der Waals surface area contributed by atoms with Crippen LogP contribution in [-0.2, 0) is 22.2 Å². The molecule has 0 atom stereocenters. The topological polar surface area (TPSA) is 97.5 Å². The van der Waals surface area contributed by atoms with E-state index in [1.165, 1.54) is 28.1 Å². The molecule has 1 saturated heterocycles. The number of imidazole rings is 1. The number of methoxy groups -OCH3 is 1. The maximum atomic E-state index is 12.8. The number of likely N-dealkylation sites (tertiary alicyclic amines) is 1. The van der Waals surface area contributed by atoms with Crippen molar-refractivity contribution in [3.8, 4) is 16.3 Å². The van der Waals surface area contributed by atoms with E-state index in [0.29, 0.717) is 13.1 Å². The van der Waals surface area contributed by atoms with E-state index in [1.807, 2.05) is 4.90 Å². The summed E-state index contributed by atoms with van der Waals surface area (Å²) in [6, 6.07) is 4.44. The molecule has 8 nitrogen and oxygen atoms in total. The second kappa shape index (κ2) is 12.9. The van der Waals surface area contributed by atoms with Gasteiger partial charge in [0.15, 0.2) is 0 Å². The Morgan fingerprint density at radius 3 is 2.12 bits per heavy atom. The van der Waals surface area contributed by atoms with Crippen LogP contribution in [0.1, 0.15) is 87.7 Å². The summed E-state index contributed by atoms with van der Waals surface area (Å²) in [7, 11) is 1.75. The Labute approximate surface area is 253 Å². The summed E-state index contributed by atoms with van der Waals surface area (Å²) >= 11 is 1.66. The molecule has 2 aromatic heterocycles. The van der Waals surface area contributed by atoms with Crippen molar-refractivity contribution in [3.05, 3.63) is 52.6 Å². The third-order valence-electron chi connectivity index (χ3n) is 7.16. The number of aromatic nitrogens is 3. The SMILES string of the molecule is COc1c(C(C)(C)C)cc(-c2nc(C3CCN(C(=O)Cn4ccnc4C(=O)O)CC3)cs2)cc1C(C)(C)C.Cl.Cl. The van der Waals surface area contributed by atoms with Crippen molar-refractivity contribution in [1.82, 2.24) is 19.4 Å². The predicted molar refractivity (Wildman–Crippen MR) is 164 cm³/mol. The van der Waals surface area contributed by atoms with Gasteiger partial charge in [-0.2, -0.15) is 0 Å². The van der Waals surface area contributed by atoms with Crippen LogP contribution in [0.25, 0.3) is 10.6 Å². The number of nitrogens with zero attached hydrogens (tertiary/aromatic N) is 4. The van der Waals surface area contributed by atoms with Crippen LogP contribution in [0.4, 0.5) is 0 Å². The molecule has 0 bridgehead atoms. The molecule has 0 radical (unpaired) electrons. The molecular weight excluding hydrogens is 571 g/mol. The van der Waals surface area contributed by atoms with Gasteiger partial charge in [0.1, 0.15) is 17.3 Å². The molecule has 1 fully saturated rings. The van der Waals surface area contributed by atoms with Gasteiger partial charge in [0, 0.05) is 53.5 Å². The van der Waals surface area contributed by atoms with Crippen LogP contribution in [0.3, 0.4) is 0 Å². The van der Waals surface area contributed by atoms with Crippen molar-refractivity contribution >= 4 is 48.0 Å². The van der Waals surface area contributed by atoms with Gasteiger partial charge >= 0.3 is 5.97 Å². The Morgan fingerprint density at radius 1 is 1.05 bits per heavy atom. The highest BCUT2D eigenvalue weighted by atomic mass is 35.5. The molecule has 1 aliphatic rings. The van der Waals surface area contributed by atoms with Gasteiger partial charge in [0.05, 0.1) is 12.8 Å². The van der Waals surface area contributed by atoms with Crippen LogP contribution < -0.4 is 4.74 Å². The van der Waals surface area contributed by atoms with E-state index in [4.69, 9.17) is 9.72 Å². The van der Waals surface area contributed by atoms with E-state index < -0.39 is 5.97 Å². The first-order valence-corrected chi connectivity index (χ1v) is 13.9. The average Bonchev–Trinajstić information content (AvgIpc) is 3.52. The zero-order valence-electron chi connectivity index (χ0n) is 24.2. The quantitative estimate of drug-likeness (QED) is 0.339. The Bertz CT molecular complexity index is 1300. The van der Waals surface area contributed by atoms with Crippen LogP contribution in [-0.4, -0.2) is 56.6 Å². The minimum atomic E-state index is -1.14.